The number of benzene rings is 2. The van der Waals surface area contributed by atoms with Crippen molar-refractivity contribution in [1.29, 1.82) is 0 Å². The van der Waals surface area contributed by atoms with Crippen LogP contribution in [0, 0.1) is 6.92 Å². The summed E-state index contributed by atoms with van der Waals surface area (Å²) in [6.07, 6.45) is 4.45. The second kappa shape index (κ2) is 9.07. The van der Waals surface area contributed by atoms with Gasteiger partial charge in [-0.3, -0.25) is 4.79 Å². The van der Waals surface area contributed by atoms with Crippen molar-refractivity contribution in [3.63, 3.8) is 0 Å². The van der Waals surface area contributed by atoms with E-state index in [4.69, 9.17) is 4.74 Å². The first-order valence-corrected chi connectivity index (χ1v) is 14.7. The number of methoxy groups -OCH3 is 1. The third-order valence-electron chi connectivity index (χ3n) is 7.24. The fourth-order valence-corrected chi connectivity index (χ4v) is 7.74. The van der Waals surface area contributed by atoms with Crippen LogP contribution < -0.4 is 14.9 Å². The molecular formula is C28H26N2O6S2. The number of aromatic nitrogens is 1. The lowest BCUT2D eigenvalue weighted by Crippen LogP contribution is -2.35. The lowest BCUT2D eigenvalue weighted by atomic mass is 10.0. The standard InChI is InChI=1S/C28H26N2O6S2/c1-15-3-7-19(8-4-15)38(34,35)29-17-11-16-12-24(37-23(16)13-17)20-9-10-21-25(27(20)36-2)30(18-5-6-18)14-22(26(21)31)28(32)33/h3-4,7-10,12,14,17-18,29H,5-6,11,13H2,1-2H3,(H,32,33). The van der Waals surface area contributed by atoms with Crippen molar-refractivity contribution in [1.82, 2.24) is 9.29 Å². The Labute approximate surface area is 223 Å². The SMILES string of the molecule is COc1c(-c2cc3c(s2)CC(NS(=O)(=O)c2ccc(C)cc2)C3)ccc2c(=O)c(C(=O)O)cn(C3CC3)c12. The normalized spacial score (nSPS) is 17.1. The molecule has 4 aromatic rings. The van der Waals surface area contributed by atoms with Gasteiger partial charge in [-0.15, -0.1) is 11.3 Å². The van der Waals surface area contributed by atoms with Crippen LogP contribution in [0.25, 0.3) is 21.3 Å². The van der Waals surface area contributed by atoms with Crippen LogP contribution in [0.3, 0.4) is 0 Å². The maximum Gasteiger partial charge on any atom is 0.341 e. The minimum Gasteiger partial charge on any atom is -0.494 e. The molecule has 2 heterocycles. The van der Waals surface area contributed by atoms with Crippen LogP contribution in [0.15, 0.2) is 58.4 Å². The van der Waals surface area contributed by atoms with E-state index in [-0.39, 0.29) is 22.5 Å². The number of nitrogens with zero attached hydrogens (tertiary/aromatic N) is 1. The molecule has 2 N–H and O–H groups in total. The number of ether oxygens (including phenoxy) is 1. The van der Waals surface area contributed by atoms with E-state index in [9.17, 15) is 23.1 Å². The number of carbonyl (C=O) groups is 1. The Balaban J connectivity index is 1.33. The molecule has 8 nitrogen and oxygen atoms in total. The number of aryl methyl sites for hydroxylation is 1. The topological polar surface area (TPSA) is 115 Å². The quantitative estimate of drug-likeness (QED) is 0.350. The molecule has 2 aliphatic carbocycles. The summed E-state index contributed by atoms with van der Waals surface area (Å²) in [7, 11) is -2.06. The number of pyridine rings is 1. The van der Waals surface area contributed by atoms with Gasteiger partial charge in [-0.2, -0.15) is 0 Å². The summed E-state index contributed by atoms with van der Waals surface area (Å²) < 4.78 is 36.3. The first kappa shape index (κ1) is 24.8. The fourth-order valence-electron chi connectivity index (χ4n) is 5.21. The van der Waals surface area contributed by atoms with Gasteiger partial charge >= 0.3 is 5.97 Å². The average Bonchev–Trinajstić information content (AvgIpc) is 3.55. The number of fused-ring (bicyclic) bond motifs is 2. The van der Waals surface area contributed by atoms with Gasteiger partial charge in [0.2, 0.25) is 15.5 Å². The van der Waals surface area contributed by atoms with Gasteiger partial charge in [-0.05, 0) is 68.5 Å². The van der Waals surface area contributed by atoms with Crippen LogP contribution in [-0.2, 0) is 22.9 Å². The van der Waals surface area contributed by atoms with Crippen LogP contribution in [-0.4, -0.2) is 37.2 Å². The van der Waals surface area contributed by atoms with Crippen LogP contribution in [0.4, 0.5) is 0 Å². The highest BCUT2D eigenvalue weighted by Gasteiger charge is 2.31. The maximum absolute atomic E-state index is 13.0. The predicted molar refractivity (Wildman–Crippen MR) is 146 cm³/mol. The minimum atomic E-state index is -3.61. The monoisotopic (exact) mass is 550 g/mol. The van der Waals surface area contributed by atoms with Gasteiger partial charge in [0.05, 0.1) is 22.9 Å². The average molecular weight is 551 g/mol. The van der Waals surface area contributed by atoms with Crippen molar-refractivity contribution in [2.24, 2.45) is 0 Å². The minimum absolute atomic E-state index is 0.135. The van der Waals surface area contributed by atoms with Crippen LogP contribution in [0.5, 0.6) is 5.75 Å². The molecule has 0 amide bonds. The van der Waals surface area contributed by atoms with E-state index >= 15 is 0 Å². The lowest BCUT2D eigenvalue weighted by Gasteiger charge is -2.17. The van der Waals surface area contributed by atoms with Gasteiger partial charge in [-0.25, -0.2) is 17.9 Å². The molecule has 196 valence electrons. The van der Waals surface area contributed by atoms with Crippen molar-refractivity contribution in [3.8, 4) is 16.2 Å². The van der Waals surface area contributed by atoms with Gasteiger partial charge in [0.15, 0.2) is 5.75 Å². The smallest absolute Gasteiger partial charge is 0.341 e. The Hall–Kier alpha value is -3.47. The molecule has 1 atom stereocenters. The number of sulfonamides is 1. The number of nitrogens with one attached hydrogen (secondary N) is 1. The Kier molecular flexibility index (Phi) is 5.93. The molecule has 0 aliphatic heterocycles. The summed E-state index contributed by atoms with van der Waals surface area (Å²) in [5.41, 5.74) is 2.76. The van der Waals surface area contributed by atoms with Crippen molar-refractivity contribution in [2.75, 3.05) is 7.11 Å². The summed E-state index contributed by atoms with van der Waals surface area (Å²) >= 11 is 1.59. The van der Waals surface area contributed by atoms with Gasteiger partial charge < -0.3 is 14.4 Å². The van der Waals surface area contributed by atoms with E-state index < -0.39 is 21.4 Å². The highest BCUT2D eigenvalue weighted by molar-refractivity contribution is 7.89. The zero-order chi connectivity index (χ0) is 26.8. The molecule has 0 bridgehead atoms. The van der Waals surface area contributed by atoms with E-state index in [2.05, 4.69) is 10.8 Å². The Morgan fingerprint density at radius 2 is 1.87 bits per heavy atom. The molecule has 0 spiro atoms. The molecule has 38 heavy (non-hydrogen) atoms. The third kappa shape index (κ3) is 4.22. The highest BCUT2D eigenvalue weighted by atomic mass is 32.2. The van der Waals surface area contributed by atoms with E-state index in [0.717, 1.165) is 39.3 Å². The zero-order valence-corrected chi connectivity index (χ0v) is 22.5. The number of thiophene rings is 1. The number of hydrogen-bond acceptors (Lipinski definition) is 6. The fraction of sp³-hybridized carbons (Fsp3) is 0.286. The van der Waals surface area contributed by atoms with E-state index in [0.29, 0.717) is 29.5 Å². The second-order valence-electron chi connectivity index (χ2n) is 9.96. The van der Waals surface area contributed by atoms with Crippen molar-refractivity contribution < 1.29 is 23.1 Å². The molecule has 2 aromatic heterocycles. The number of rotatable bonds is 7. The summed E-state index contributed by atoms with van der Waals surface area (Å²) in [6.45, 7) is 1.92. The molecule has 0 saturated heterocycles. The van der Waals surface area contributed by atoms with Crippen molar-refractivity contribution in [3.05, 3.63) is 80.5 Å². The van der Waals surface area contributed by atoms with Gasteiger partial charge in [-0.1, -0.05) is 17.7 Å². The Morgan fingerprint density at radius 3 is 2.50 bits per heavy atom. The summed E-state index contributed by atoms with van der Waals surface area (Å²) in [4.78, 5) is 27.0. The summed E-state index contributed by atoms with van der Waals surface area (Å²) in [6, 6.07) is 12.3. The van der Waals surface area contributed by atoms with Crippen molar-refractivity contribution in [2.45, 2.75) is 49.6 Å². The predicted octanol–water partition coefficient (Wildman–Crippen LogP) is 4.53. The maximum atomic E-state index is 13.0. The van der Waals surface area contributed by atoms with Gasteiger partial charge in [0, 0.05) is 33.6 Å². The third-order valence-corrected chi connectivity index (χ3v) is 10.0. The largest absolute Gasteiger partial charge is 0.494 e. The first-order chi connectivity index (χ1) is 18.2. The van der Waals surface area contributed by atoms with E-state index in [1.165, 1.54) is 6.20 Å². The molecule has 1 fully saturated rings. The number of carboxylic acid groups (broad SMARTS) is 1. The first-order valence-electron chi connectivity index (χ1n) is 12.4. The number of hydrogen-bond donors (Lipinski definition) is 2. The van der Waals surface area contributed by atoms with E-state index in [1.54, 1.807) is 48.8 Å². The Morgan fingerprint density at radius 1 is 1.13 bits per heavy atom. The molecule has 2 aliphatic rings. The van der Waals surface area contributed by atoms with Crippen LogP contribution >= 0.6 is 11.3 Å². The molecule has 10 heteroatoms. The highest BCUT2D eigenvalue weighted by Crippen LogP contribution is 2.45. The van der Waals surface area contributed by atoms with Crippen LogP contribution in [0.1, 0.15) is 45.2 Å². The van der Waals surface area contributed by atoms with Gasteiger partial charge in [0.1, 0.15) is 5.56 Å². The molecule has 0 radical (unpaired) electrons. The molecule has 1 unspecified atom stereocenters. The van der Waals surface area contributed by atoms with Crippen molar-refractivity contribution >= 4 is 38.2 Å². The molecule has 6 rings (SSSR count). The van der Waals surface area contributed by atoms with Crippen LogP contribution in [0.2, 0.25) is 0 Å². The van der Waals surface area contributed by atoms with E-state index in [1.807, 2.05) is 17.6 Å². The molecule has 2 aromatic carbocycles. The molecular weight excluding hydrogens is 524 g/mol. The molecule has 1 saturated carbocycles. The number of carboxylic acids is 1. The second-order valence-corrected chi connectivity index (χ2v) is 12.8. The lowest BCUT2D eigenvalue weighted by molar-refractivity contribution is 0.0694. The Bertz CT molecular complexity index is 1740. The zero-order valence-electron chi connectivity index (χ0n) is 20.9. The van der Waals surface area contributed by atoms with Gasteiger partial charge in [0.25, 0.3) is 0 Å². The summed E-state index contributed by atoms with van der Waals surface area (Å²) in [5, 5.41) is 9.89. The number of aromatic carboxylic acids is 1. The summed E-state index contributed by atoms with van der Waals surface area (Å²) in [5.74, 6) is -0.698.